The molecule has 0 spiro atoms. The maximum absolute atomic E-state index is 12.8. The van der Waals surface area contributed by atoms with Crippen LogP contribution < -0.4 is 5.32 Å². The predicted molar refractivity (Wildman–Crippen MR) is 113 cm³/mol. The molecule has 2 amide bonds. The number of aromatic nitrogens is 3. The Bertz CT molecular complexity index is 903. The standard InChI is InChI=1S/C23H29N5O2/c1-15-20(12-21(29)27-19-7-8-19)16(2)26-23(25-15)18-6-4-10-28(14-18)22(30)11-17-5-3-9-24-13-17/h3,5,9,13,18-19H,4,6-8,10-12,14H2,1-2H3,(H,27,29). The molecule has 2 aromatic rings. The molecule has 2 fully saturated rings. The number of hydrogen-bond donors (Lipinski definition) is 1. The molecular weight excluding hydrogens is 378 g/mol. The van der Waals surface area contributed by atoms with Gasteiger partial charge in [-0.15, -0.1) is 0 Å². The van der Waals surface area contributed by atoms with E-state index in [-0.39, 0.29) is 17.7 Å². The van der Waals surface area contributed by atoms with Crippen LogP contribution in [0, 0.1) is 13.8 Å². The molecule has 0 aromatic carbocycles. The molecule has 0 radical (unpaired) electrons. The lowest BCUT2D eigenvalue weighted by atomic mass is 9.95. The van der Waals surface area contributed by atoms with E-state index in [4.69, 9.17) is 9.97 Å². The number of carbonyl (C=O) groups excluding carboxylic acids is 2. The van der Waals surface area contributed by atoms with Crippen LogP contribution in [0.15, 0.2) is 24.5 Å². The molecule has 1 N–H and O–H groups in total. The number of hydrogen-bond acceptors (Lipinski definition) is 5. The Kier molecular flexibility index (Phi) is 6.06. The van der Waals surface area contributed by atoms with Gasteiger partial charge in [0.2, 0.25) is 11.8 Å². The number of aryl methyl sites for hydroxylation is 2. The first kappa shape index (κ1) is 20.4. The number of carbonyl (C=O) groups is 2. The third kappa shape index (κ3) is 5.01. The summed E-state index contributed by atoms with van der Waals surface area (Å²) in [5.41, 5.74) is 3.57. The third-order valence-corrected chi connectivity index (χ3v) is 5.94. The van der Waals surface area contributed by atoms with Crippen LogP contribution in [0.4, 0.5) is 0 Å². The molecule has 1 saturated heterocycles. The molecule has 1 aliphatic heterocycles. The van der Waals surface area contributed by atoms with Gasteiger partial charge in [0.05, 0.1) is 12.8 Å². The molecule has 0 bridgehead atoms. The van der Waals surface area contributed by atoms with Gasteiger partial charge in [0.1, 0.15) is 5.82 Å². The Morgan fingerprint density at radius 3 is 2.57 bits per heavy atom. The van der Waals surface area contributed by atoms with E-state index in [0.29, 0.717) is 25.4 Å². The lowest BCUT2D eigenvalue weighted by molar-refractivity contribution is -0.131. The number of rotatable bonds is 6. The van der Waals surface area contributed by atoms with Gasteiger partial charge < -0.3 is 10.2 Å². The van der Waals surface area contributed by atoms with Crippen molar-refractivity contribution in [2.45, 2.75) is 64.3 Å². The minimum atomic E-state index is 0.0462. The van der Waals surface area contributed by atoms with Crippen molar-refractivity contribution in [1.82, 2.24) is 25.2 Å². The Morgan fingerprint density at radius 2 is 1.90 bits per heavy atom. The van der Waals surface area contributed by atoms with Gasteiger partial charge in [0, 0.05) is 54.4 Å². The lowest BCUT2D eigenvalue weighted by Gasteiger charge is -2.32. The average Bonchev–Trinajstić information content (AvgIpc) is 3.55. The fourth-order valence-electron chi connectivity index (χ4n) is 4.07. The number of nitrogens with one attached hydrogen (secondary N) is 1. The van der Waals surface area contributed by atoms with Crippen LogP contribution in [0.2, 0.25) is 0 Å². The second-order valence-electron chi connectivity index (χ2n) is 8.47. The molecule has 7 nitrogen and oxygen atoms in total. The second-order valence-corrected chi connectivity index (χ2v) is 8.47. The summed E-state index contributed by atoms with van der Waals surface area (Å²) in [7, 11) is 0. The first-order valence-corrected chi connectivity index (χ1v) is 10.8. The van der Waals surface area contributed by atoms with E-state index in [1.807, 2.05) is 30.9 Å². The van der Waals surface area contributed by atoms with Crippen molar-refractivity contribution in [1.29, 1.82) is 0 Å². The van der Waals surface area contributed by atoms with Crippen LogP contribution in [0.3, 0.4) is 0 Å². The smallest absolute Gasteiger partial charge is 0.227 e. The van der Waals surface area contributed by atoms with Crippen molar-refractivity contribution in [3.8, 4) is 0 Å². The highest BCUT2D eigenvalue weighted by molar-refractivity contribution is 5.80. The van der Waals surface area contributed by atoms with Crippen molar-refractivity contribution >= 4 is 11.8 Å². The molecule has 2 aromatic heterocycles. The van der Waals surface area contributed by atoms with E-state index in [2.05, 4.69) is 10.3 Å². The first-order chi connectivity index (χ1) is 14.5. The molecule has 30 heavy (non-hydrogen) atoms. The normalized spacial score (nSPS) is 18.9. The van der Waals surface area contributed by atoms with Crippen molar-refractivity contribution in [2.75, 3.05) is 13.1 Å². The van der Waals surface area contributed by atoms with Gasteiger partial charge in [-0.05, 0) is 51.2 Å². The summed E-state index contributed by atoms with van der Waals surface area (Å²) < 4.78 is 0. The highest BCUT2D eigenvalue weighted by Crippen LogP contribution is 2.27. The van der Waals surface area contributed by atoms with Gasteiger partial charge in [-0.3, -0.25) is 14.6 Å². The lowest BCUT2D eigenvalue weighted by Crippen LogP contribution is -2.40. The van der Waals surface area contributed by atoms with Crippen molar-refractivity contribution in [2.24, 2.45) is 0 Å². The molecule has 1 aliphatic carbocycles. The van der Waals surface area contributed by atoms with Crippen molar-refractivity contribution in [3.63, 3.8) is 0 Å². The minimum absolute atomic E-state index is 0.0462. The maximum atomic E-state index is 12.8. The molecule has 2 aliphatic rings. The third-order valence-electron chi connectivity index (χ3n) is 5.94. The zero-order valence-corrected chi connectivity index (χ0v) is 17.7. The molecule has 7 heteroatoms. The monoisotopic (exact) mass is 407 g/mol. The fourth-order valence-corrected chi connectivity index (χ4v) is 4.07. The molecule has 1 unspecified atom stereocenters. The summed E-state index contributed by atoms with van der Waals surface area (Å²) in [6, 6.07) is 4.14. The van der Waals surface area contributed by atoms with Crippen LogP contribution in [-0.4, -0.2) is 50.8 Å². The van der Waals surface area contributed by atoms with Crippen LogP contribution in [0.5, 0.6) is 0 Å². The number of pyridine rings is 1. The maximum Gasteiger partial charge on any atom is 0.227 e. The van der Waals surface area contributed by atoms with Crippen LogP contribution in [-0.2, 0) is 22.4 Å². The molecule has 1 saturated carbocycles. The quantitative estimate of drug-likeness (QED) is 0.794. The summed E-state index contributed by atoms with van der Waals surface area (Å²) >= 11 is 0. The molecule has 158 valence electrons. The van der Waals surface area contributed by atoms with Gasteiger partial charge in [-0.1, -0.05) is 6.07 Å². The number of amides is 2. The summed E-state index contributed by atoms with van der Waals surface area (Å²) in [5.74, 6) is 1.08. The zero-order chi connectivity index (χ0) is 21.1. The summed E-state index contributed by atoms with van der Waals surface area (Å²) in [5, 5.41) is 3.03. The van der Waals surface area contributed by atoms with Gasteiger partial charge >= 0.3 is 0 Å². The van der Waals surface area contributed by atoms with Gasteiger partial charge in [0.25, 0.3) is 0 Å². The van der Waals surface area contributed by atoms with E-state index in [9.17, 15) is 9.59 Å². The second kappa shape index (κ2) is 8.90. The minimum Gasteiger partial charge on any atom is -0.353 e. The van der Waals surface area contributed by atoms with Crippen molar-refractivity contribution < 1.29 is 9.59 Å². The molecule has 1 atom stereocenters. The van der Waals surface area contributed by atoms with Crippen LogP contribution in [0.1, 0.15) is 59.9 Å². The largest absolute Gasteiger partial charge is 0.353 e. The Morgan fingerprint density at radius 1 is 1.13 bits per heavy atom. The number of likely N-dealkylation sites (tertiary alicyclic amines) is 1. The first-order valence-electron chi connectivity index (χ1n) is 10.8. The van der Waals surface area contributed by atoms with E-state index >= 15 is 0 Å². The molecular formula is C23H29N5O2. The van der Waals surface area contributed by atoms with Crippen LogP contribution in [0.25, 0.3) is 0 Å². The van der Waals surface area contributed by atoms with Gasteiger partial charge in [0.15, 0.2) is 0 Å². The molecule has 4 rings (SSSR count). The summed E-state index contributed by atoms with van der Waals surface area (Å²) in [6.07, 6.45) is 8.23. The SMILES string of the molecule is Cc1nc(C2CCCN(C(=O)Cc3cccnc3)C2)nc(C)c1CC(=O)NC1CC1. The van der Waals surface area contributed by atoms with E-state index in [0.717, 1.165) is 60.6 Å². The van der Waals surface area contributed by atoms with Crippen molar-refractivity contribution in [3.05, 3.63) is 52.9 Å². The van der Waals surface area contributed by atoms with Gasteiger partial charge in [-0.2, -0.15) is 0 Å². The highest BCUT2D eigenvalue weighted by Gasteiger charge is 2.28. The highest BCUT2D eigenvalue weighted by atomic mass is 16.2. The Labute approximate surface area is 177 Å². The fraction of sp³-hybridized carbons (Fsp3) is 0.522. The molecule has 3 heterocycles. The van der Waals surface area contributed by atoms with Gasteiger partial charge in [-0.25, -0.2) is 9.97 Å². The van der Waals surface area contributed by atoms with E-state index in [1.54, 1.807) is 12.4 Å². The predicted octanol–water partition coefficient (Wildman–Crippen LogP) is 2.26. The summed E-state index contributed by atoms with van der Waals surface area (Å²) in [4.78, 5) is 40.5. The zero-order valence-electron chi connectivity index (χ0n) is 17.7. The van der Waals surface area contributed by atoms with Crippen LogP contribution >= 0.6 is 0 Å². The van der Waals surface area contributed by atoms with E-state index < -0.39 is 0 Å². The van der Waals surface area contributed by atoms with E-state index in [1.165, 1.54) is 0 Å². The summed E-state index contributed by atoms with van der Waals surface area (Å²) in [6.45, 7) is 5.31. The topological polar surface area (TPSA) is 88.1 Å². The average molecular weight is 408 g/mol. The number of nitrogens with zero attached hydrogens (tertiary/aromatic N) is 4. The Balaban J connectivity index is 1.42. The Hall–Kier alpha value is -2.83. The number of piperidine rings is 1.